The number of ketones is 1. The molecule has 0 unspecified atom stereocenters. The molecule has 8 heteroatoms. The van der Waals surface area contributed by atoms with Crippen LogP contribution in [0.5, 0.6) is 0 Å². The van der Waals surface area contributed by atoms with Gasteiger partial charge in [-0.15, -0.1) is 5.10 Å². The van der Waals surface area contributed by atoms with Crippen molar-refractivity contribution >= 4 is 29.4 Å². The van der Waals surface area contributed by atoms with Gasteiger partial charge in [0.1, 0.15) is 6.33 Å². The van der Waals surface area contributed by atoms with Crippen molar-refractivity contribution in [3.05, 3.63) is 112 Å². The second-order valence-electron chi connectivity index (χ2n) is 9.50. The van der Waals surface area contributed by atoms with Gasteiger partial charge in [0.25, 0.3) is 0 Å². The minimum absolute atomic E-state index is 0.0245. The molecule has 1 heterocycles. The van der Waals surface area contributed by atoms with Crippen molar-refractivity contribution in [2.24, 2.45) is 0 Å². The second kappa shape index (κ2) is 12.0. The Bertz CT molecular complexity index is 1450. The fourth-order valence-electron chi connectivity index (χ4n) is 4.84. The Labute approximate surface area is 226 Å². The average molecular weight is 526 g/mol. The van der Waals surface area contributed by atoms with Crippen LogP contribution in [0.15, 0.2) is 79.1 Å². The topological polar surface area (TPSA) is 89.8 Å². The van der Waals surface area contributed by atoms with Crippen molar-refractivity contribution in [3.63, 3.8) is 0 Å². The summed E-state index contributed by atoms with van der Waals surface area (Å²) in [6, 6.07) is 20.6. The highest BCUT2D eigenvalue weighted by atomic mass is 35.5. The van der Waals surface area contributed by atoms with Crippen LogP contribution in [-0.4, -0.2) is 37.9 Å². The summed E-state index contributed by atoms with van der Waals surface area (Å²) in [6.45, 7) is 0. The van der Waals surface area contributed by atoms with E-state index in [1.54, 1.807) is 24.3 Å². The predicted molar refractivity (Wildman–Crippen MR) is 147 cm³/mol. The number of carbonyl (C=O) groups excluding carboxylic acids is 2. The number of carbonyl (C=O) groups is 2. The summed E-state index contributed by atoms with van der Waals surface area (Å²) < 4.78 is 1.49. The third kappa shape index (κ3) is 6.42. The molecule has 1 amide bonds. The molecule has 0 aliphatic heterocycles. The van der Waals surface area contributed by atoms with Gasteiger partial charge in [-0.3, -0.25) is 9.59 Å². The van der Waals surface area contributed by atoms with Crippen LogP contribution in [0.3, 0.4) is 0 Å². The van der Waals surface area contributed by atoms with Gasteiger partial charge in [-0.25, -0.2) is 0 Å². The molecule has 1 aliphatic carbocycles. The Morgan fingerprint density at radius 2 is 1.79 bits per heavy atom. The van der Waals surface area contributed by atoms with Gasteiger partial charge in [0.2, 0.25) is 5.91 Å². The third-order valence-electron chi connectivity index (χ3n) is 6.78. The third-order valence-corrected chi connectivity index (χ3v) is 7.01. The first-order chi connectivity index (χ1) is 18.5. The molecule has 0 saturated carbocycles. The average Bonchev–Trinajstić information content (AvgIpc) is 3.47. The monoisotopic (exact) mass is 525 g/mol. The van der Waals surface area contributed by atoms with Crippen LogP contribution in [0.1, 0.15) is 40.7 Å². The number of halogens is 1. The fourth-order valence-corrected chi connectivity index (χ4v) is 5.02. The highest BCUT2D eigenvalue weighted by Crippen LogP contribution is 2.23. The van der Waals surface area contributed by atoms with Gasteiger partial charge < -0.3 is 5.32 Å². The van der Waals surface area contributed by atoms with E-state index in [9.17, 15) is 9.59 Å². The van der Waals surface area contributed by atoms with Crippen molar-refractivity contribution in [3.8, 4) is 5.69 Å². The Morgan fingerprint density at radius 3 is 2.58 bits per heavy atom. The Kier molecular flexibility index (Phi) is 8.04. The van der Waals surface area contributed by atoms with Gasteiger partial charge in [-0.2, -0.15) is 4.68 Å². The number of nitrogens with zero attached hydrogens (tertiary/aromatic N) is 4. The van der Waals surface area contributed by atoms with E-state index in [4.69, 9.17) is 11.6 Å². The number of hydrogen-bond donors (Lipinski definition) is 1. The molecule has 1 aromatic heterocycles. The molecular formula is C30H28ClN5O2. The summed E-state index contributed by atoms with van der Waals surface area (Å²) >= 11 is 6.19. The van der Waals surface area contributed by atoms with E-state index >= 15 is 0 Å². The molecular weight excluding hydrogens is 498 g/mol. The molecule has 0 fully saturated rings. The van der Waals surface area contributed by atoms with Crippen LogP contribution in [0, 0.1) is 0 Å². The number of amides is 1. The Balaban J connectivity index is 1.33. The number of aromatic nitrogens is 4. The molecule has 4 aromatic rings. The zero-order chi connectivity index (χ0) is 26.3. The number of Topliss-reactive ketones (excluding diaryl/α,β-unsaturated/α-hetero) is 1. The first-order valence-electron chi connectivity index (χ1n) is 12.7. The summed E-state index contributed by atoms with van der Waals surface area (Å²) in [6.07, 6.45) is 9.77. The molecule has 0 bridgehead atoms. The van der Waals surface area contributed by atoms with Gasteiger partial charge >= 0.3 is 0 Å². The molecule has 1 N–H and O–H groups in total. The minimum Gasteiger partial charge on any atom is -0.342 e. The van der Waals surface area contributed by atoms with Crippen molar-refractivity contribution in [2.45, 2.75) is 44.6 Å². The first kappa shape index (κ1) is 25.5. The van der Waals surface area contributed by atoms with Gasteiger partial charge in [0.05, 0.1) is 11.7 Å². The van der Waals surface area contributed by atoms with Crippen LogP contribution >= 0.6 is 11.6 Å². The maximum Gasteiger partial charge on any atom is 0.244 e. The normalized spacial score (nSPS) is 13.7. The molecule has 3 aromatic carbocycles. The molecule has 0 spiro atoms. The number of rotatable bonds is 9. The number of nitrogens with one attached hydrogen (secondary N) is 1. The maximum atomic E-state index is 13.5. The molecule has 0 radical (unpaired) electrons. The molecule has 38 heavy (non-hydrogen) atoms. The van der Waals surface area contributed by atoms with E-state index in [1.165, 1.54) is 41.1 Å². The first-order valence-corrected chi connectivity index (χ1v) is 13.1. The van der Waals surface area contributed by atoms with Crippen LogP contribution in [0.2, 0.25) is 5.02 Å². The Morgan fingerprint density at radius 1 is 0.974 bits per heavy atom. The number of hydrogen-bond acceptors (Lipinski definition) is 5. The zero-order valence-corrected chi connectivity index (χ0v) is 21.6. The molecule has 0 saturated heterocycles. The van der Waals surface area contributed by atoms with Crippen LogP contribution in [0.4, 0.5) is 0 Å². The Hall–Kier alpha value is -4.10. The van der Waals surface area contributed by atoms with E-state index < -0.39 is 6.04 Å². The lowest BCUT2D eigenvalue weighted by Gasteiger charge is -2.19. The molecule has 1 aliphatic rings. The van der Waals surface area contributed by atoms with Crippen LogP contribution in [-0.2, 0) is 35.3 Å². The summed E-state index contributed by atoms with van der Waals surface area (Å²) in [5, 5.41) is 14.7. The number of fused-ring (bicyclic) bond motifs is 1. The van der Waals surface area contributed by atoms with Crippen LogP contribution < -0.4 is 5.32 Å². The van der Waals surface area contributed by atoms with E-state index in [0.717, 1.165) is 24.0 Å². The van der Waals surface area contributed by atoms with E-state index in [2.05, 4.69) is 33.0 Å². The van der Waals surface area contributed by atoms with Crippen molar-refractivity contribution in [2.75, 3.05) is 0 Å². The largest absolute Gasteiger partial charge is 0.342 e. The van der Waals surface area contributed by atoms with Crippen molar-refractivity contribution in [1.29, 1.82) is 0 Å². The highest BCUT2D eigenvalue weighted by Gasteiger charge is 2.21. The summed E-state index contributed by atoms with van der Waals surface area (Å²) in [5.41, 5.74) is 6.04. The number of tetrazole rings is 1. The lowest BCUT2D eigenvalue weighted by Crippen LogP contribution is -2.42. The van der Waals surface area contributed by atoms with E-state index in [0.29, 0.717) is 22.7 Å². The summed E-state index contributed by atoms with van der Waals surface area (Å²) in [5.74, 6) is -0.393. The van der Waals surface area contributed by atoms with E-state index in [-0.39, 0.29) is 18.1 Å². The molecule has 5 rings (SSSR count). The van der Waals surface area contributed by atoms with Gasteiger partial charge in [0, 0.05) is 23.1 Å². The summed E-state index contributed by atoms with van der Waals surface area (Å²) in [7, 11) is 0. The van der Waals surface area contributed by atoms with Gasteiger partial charge in [-0.1, -0.05) is 60.1 Å². The number of benzene rings is 3. The van der Waals surface area contributed by atoms with Crippen molar-refractivity contribution < 1.29 is 9.59 Å². The zero-order valence-electron chi connectivity index (χ0n) is 20.9. The molecule has 1 atom stereocenters. The fraction of sp³-hybridized carbons (Fsp3) is 0.233. The highest BCUT2D eigenvalue weighted by molar-refractivity contribution is 6.30. The van der Waals surface area contributed by atoms with E-state index in [1.807, 2.05) is 36.4 Å². The molecule has 192 valence electrons. The molecule has 7 nitrogen and oxygen atoms in total. The SMILES string of the molecule is O=C(/C=C/c1cc(Cl)ccc1-n1cnnn1)N[C@@H](Cc1ccccc1)C(=O)Cc1ccc2c(c1)CCCC2. The number of aryl methyl sites for hydroxylation is 2. The smallest absolute Gasteiger partial charge is 0.244 e. The van der Waals surface area contributed by atoms with Gasteiger partial charge in [0.15, 0.2) is 5.78 Å². The van der Waals surface area contributed by atoms with Crippen LogP contribution in [0.25, 0.3) is 11.8 Å². The lowest BCUT2D eigenvalue weighted by atomic mass is 9.89. The second-order valence-corrected chi connectivity index (χ2v) is 9.93. The summed E-state index contributed by atoms with van der Waals surface area (Å²) in [4.78, 5) is 26.5. The standard InChI is InChI=1S/C30H28ClN5O2/c31-26-13-14-28(36-20-32-34-35-36)25(19-26)12-15-30(38)33-27(17-21-6-2-1-3-7-21)29(37)18-22-10-11-23-8-4-5-9-24(23)16-22/h1-3,6-7,10-16,19-20,27H,4-5,8-9,17-18H2,(H,33,38)/b15-12+/t27-/m0/s1. The maximum absolute atomic E-state index is 13.5. The minimum atomic E-state index is -0.663. The quantitative estimate of drug-likeness (QED) is 0.319. The predicted octanol–water partition coefficient (Wildman–Crippen LogP) is 4.75. The lowest BCUT2D eigenvalue weighted by molar-refractivity contribution is -0.125. The van der Waals surface area contributed by atoms with Crippen molar-refractivity contribution in [1.82, 2.24) is 25.5 Å². The van der Waals surface area contributed by atoms with Gasteiger partial charge in [-0.05, 0) is 89.1 Å².